The van der Waals surface area contributed by atoms with Crippen molar-refractivity contribution in [2.75, 3.05) is 13.7 Å². The number of thioether (sulfide) groups is 1. The lowest BCUT2D eigenvalue weighted by Gasteiger charge is -2.29. The Balaban J connectivity index is 2.08. The fourth-order valence-corrected chi connectivity index (χ4v) is 3.42. The van der Waals surface area contributed by atoms with Crippen molar-refractivity contribution in [2.24, 2.45) is 0 Å². The maximum Gasteiger partial charge on any atom is 0.166 e. The second-order valence-electron chi connectivity index (χ2n) is 5.66. The Morgan fingerprint density at radius 2 is 2.25 bits per heavy atom. The molecule has 2 rings (SSSR count). The first-order valence-corrected chi connectivity index (χ1v) is 7.76. The highest BCUT2D eigenvalue weighted by Gasteiger charge is 2.24. The SMILES string of the molecule is CNC(C)(CO)CC(C)Sc1nc2ccc(C)cc2[nH]1. The van der Waals surface area contributed by atoms with Crippen molar-refractivity contribution in [1.82, 2.24) is 15.3 Å². The van der Waals surface area contributed by atoms with E-state index in [1.54, 1.807) is 11.8 Å². The van der Waals surface area contributed by atoms with Crippen molar-refractivity contribution in [2.45, 2.75) is 43.1 Å². The van der Waals surface area contributed by atoms with Crippen LogP contribution in [0.25, 0.3) is 11.0 Å². The Hall–Kier alpha value is -1.04. The highest BCUT2D eigenvalue weighted by molar-refractivity contribution is 7.99. The van der Waals surface area contributed by atoms with E-state index < -0.39 is 0 Å². The van der Waals surface area contributed by atoms with Gasteiger partial charge < -0.3 is 15.4 Å². The molecule has 0 fully saturated rings. The zero-order valence-corrected chi connectivity index (χ0v) is 13.3. The zero-order valence-electron chi connectivity index (χ0n) is 12.5. The van der Waals surface area contributed by atoms with Gasteiger partial charge in [0.25, 0.3) is 0 Å². The summed E-state index contributed by atoms with van der Waals surface area (Å²) in [6, 6.07) is 6.23. The first-order valence-electron chi connectivity index (χ1n) is 6.88. The summed E-state index contributed by atoms with van der Waals surface area (Å²) in [5.74, 6) is 0. The molecule has 0 aliphatic rings. The van der Waals surface area contributed by atoms with E-state index in [-0.39, 0.29) is 12.1 Å². The molecule has 1 heterocycles. The van der Waals surface area contributed by atoms with Gasteiger partial charge in [-0.05, 0) is 45.0 Å². The van der Waals surface area contributed by atoms with E-state index in [1.165, 1.54) is 5.56 Å². The molecule has 0 bridgehead atoms. The molecule has 1 aromatic carbocycles. The number of nitrogens with one attached hydrogen (secondary N) is 2. The maximum absolute atomic E-state index is 9.45. The molecule has 0 amide bonds. The van der Waals surface area contributed by atoms with Crippen molar-refractivity contribution in [3.8, 4) is 0 Å². The van der Waals surface area contributed by atoms with Crippen LogP contribution >= 0.6 is 11.8 Å². The van der Waals surface area contributed by atoms with Gasteiger partial charge >= 0.3 is 0 Å². The third-order valence-electron chi connectivity index (χ3n) is 3.62. The summed E-state index contributed by atoms with van der Waals surface area (Å²) in [5.41, 5.74) is 3.07. The first kappa shape index (κ1) is 15.4. The summed E-state index contributed by atoms with van der Waals surface area (Å²) < 4.78 is 0. The summed E-state index contributed by atoms with van der Waals surface area (Å²) >= 11 is 1.72. The van der Waals surface area contributed by atoms with Crippen LogP contribution in [0.2, 0.25) is 0 Å². The van der Waals surface area contributed by atoms with Crippen molar-refractivity contribution in [3.63, 3.8) is 0 Å². The van der Waals surface area contributed by atoms with Crippen LogP contribution in [0.3, 0.4) is 0 Å². The number of rotatable bonds is 6. The topological polar surface area (TPSA) is 60.9 Å². The molecule has 0 spiro atoms. The number of imidazole rings is 1. The van der Waals surface area contributed by atoms with Gasteiger partial charge in [-0.2, -0.15) is 0 Å². The number of nitrogens with zero attached hydrogens (tertiary/aromatic N) is 1. The molecular weight excluding hydrogens is 270 g/mol. The van der Waals surface area contributed by atoms with E-state index in [2.05, 4.69) is 41.3 Å². The number of hydrogen-bond acceptors (Lipinski definition) is 4. The molecule has 110 valence electrons. The maximum atomic E-state index is 9.45. The highest BCUT2D eigenvalue weighted by atomic mass is 32.2. The van der Waals surface area contributed by atoms with E-state index in [0.717, 1.165) is 22.6 Å². The summed E-state index contributed by atoms with van der Waals surface area (Å²) in [7, 11) is 1.89. The average molecular weight is 293 g/mol. The number of fused-ring (bicyclic) bond motifs is 1. The Kier molecular flexibility index (Phi) is 4.73. The van der Waals surface area contributed by atoms with E-state index in [1.807, 2.05) is 20.0 Å². The molecule has 0 aliphatic heterocycles. The van der Waals surface area contributed by atoms with E-state index in [4.69, 9.17) is 0 Å². The largest absolute Gasteiger partial charge is 0.394 e. The van der Waals surface area contributed by atoms with Gasteiger partial charge in [0, 0.05) is 10.8 Å². The number of benzene rings is 1. The van der Waals surface area contributed by atoms with Crippen LogP contribution in [0.4, 0.5) is 0 Å². The quantitative estimate of drug-likeness (QED) is 0.717. The number of aliphatic hydroxyl groups is 1. The molecule has 0 radical (unpaired) electrons. The zero-order chi connectivity index (χ0) is 14.8. The molecule has 1 aromatic heterocycles. The number of aromatic amines is 1. The first-order chi connectivity index (χ1) is 9.45. The van der Waals surface area contributed by atoms with Crippen LogP contribution in [0.5, 0.6) is 0 Å². The van der Waals surface area contributed by atoms with Crippen LogP contribution < -0.4 is 5.32 Å². The second kappa shape index (κ2) is 6.16. The van der Waals surface area contributed by atoms with Crippen molar-refractivity contribution < 1.29 is 5.11 Å². The van der Waals surface area contributed by atoms with Crippen molar-refractivity contribution in [1.29, 1.82) is 0 Å². The standard InChI is InChI=1S/C15H23N3OS/c1-10-5-6-12-13(7-10)18-14(17-12)20-11(2)8-15(3,9-19)16-4/h5-7,11,16,19H,8-9H2,1-4H3,(H,17,18). The van der Waals surface area contributed by atoms with E-state index >= 15 is 0 Å². The van der Waals surface area contributed by atoms with Crippen LogP contribution in [-0.2, 0) is 0 Å². The number of H-pyrrole nitrogens is 1. The molecule has 20 heavy (non-hydrogen) atoms. The van der Waals surface area contributed by atoms with Gasteiger partial charge in [0.1, 0.15) is 0 Å². The predicted molar refractivity (Wildman–Crippen MR) is 85.3 cm³/mol. The number of likely N-dealkylation sites (N-methyl/N-ethyl adjacent to an activating group) is 1. The molecule has 0 saturated carbocycles. The highest BCUT2D eigenvalue weighted by Crippen LogP contribution is 2.28. The van der Waals surface area contributed by atoms with Gasteiger partial charge in [-0.25, -0.2) is 4.98 Å². The van der Waals surface area contributed by atoms with Gasteiger partial charge in [0.2, 0.25) is 0 Å². The molecule has 3 N–H and O–H groups in total. The third kappa shape index (κ3) is 3.53. The fourth-order valence-electron chi connectivity index (χ4n) is 2.27. The van der Waals surface area contributed by atoms with Gasteiger partial charge in [-0.3, -0.25) is 0 Å². The minimum absolute atomic E-state index is 0.133. The van der Waals surface area contributed by atoms with Crippen molar-refractivity contribution >= 4 is 22.8 Å². The van der Waals surface area contributed by atoms with Crippen LogP contribution in [0, 0.1) is 6.92 Å². The fraction of sp³-hybridized carbons (Fsp3) is 0.533. The summed E-state index contributed by atoms with van der Waals surface area (Å²) in [4.78, 5) is 7.96. The van der Waals surface area contributed by atoms with E-state index in [0.29, 0.717) is 5.25 Å². The number of aryl methyl sites for hydroxylation is 1. The van der Waals surface area contributed by atoms with Gasteiger partial charge in [-0.15, -0.1) is 0 Å². The van der Waals surface area contributed by atoms with Gasteiger partial charge in [0.15, 0.2) is 5.16 Å². The Labute approximate surface area is 124 Å². The predicted octanol–water partition coefficient (Wildman–Crippen LogP) is 2.71. The summed E-state index contributed by atoms with van der Waals surface area (Å²) in [5, 5.41) is 13.9. The smallest absolute Gasteiger partial charge is 0.166 e. The minimum atomic E-state index is -0.241. The van der Waals surface area contributed by atoms with E-state index in [9.17, 15) is 5.11 Å². The molecule has 5 heteroatoms. The molecule has 2 aromatic rings. The lowest BCUT2D eigenvalue weighted by molar-refractivity contribution is 0.174. The monoisotopic (exact) mass is 293 g/mol. The molecule has 0 saturated heterocycles. The van der Waals surface area contributed by atoms with Crippen LogP contribution in [0.1, 0.15) is 25.8 Å². The van der Waals surface area contributed by atoms with Gasteiger partial charge in [-0.1, -0.05) is 24.8 Å². The summed E-state index contributed by atoms with van der Waals surface area (Å²) in [6.45, 7) is 6.41. The second-order valence-corrected chi connectivity index (χ2v) is 7.09. The van der Waals surface area contributed by atoms with Crippen molar-refractivity contribution in [3.05, 3.63) is 23.8 Å². The molecule has 2 atom stereocenters. The van der Waals surface area contributed by atoms with Crippen LogP contribution in [-0.4, -0.2) is 39.5 Å². The van der Waals surface area contributed by atoms with Crippen LogP contribution in [0.15, 0.2) is 23.4 Å². The Bertz CT molecular complexity index is 578. The summed E-state index contributed by atoms with van der Waals surface area (Å²) in [6.07, 6.45) is 0.876. The third-order valence-corrected chi connectivity index (χ3v) is 4.60. The van der Waals surface area contributed by atoms with Gasteiger partial charge in [0.05, 0.1) is 17.6 Å². The minimum Gasteiger partial charge on any atom is -0.394 e. The molecule has 4 nitrogen and oxygen atoms in total. The number of aromatic nitrogens is 2. The molecular formula is C15H23N3OS. The molecule has 0 aliphatic carbocycles. The Morgan fingerprint density at radius 3 is 2.90 bits per heavy atom. The number of hydrogen-bond donors (Lipinski definition) is 3. The lowest BCUT2D eigenvalue weighted by Crippen LogP contribution is -2.45. The lowest BCUT2D eigenvalue weighted by atomic mass is 9.98. The molecule has 2 unspecified atom stereocenters. The Morgan fingerprint density at radius 1 is 1.50 bits per heavy atom. The number of aliphatic hydroxyl groups excluding tert-OH is 1. The normalized spacial score (nSPS) is 16.2. The average Bonchev–Trinajstić information content (AvgIpc) is 2.79.